The van der Waals surface area contributed by atoms with Crippen molar-refractivity contribution in [1.82, 2.24) is 24.4 Å². The maximum absolute atomic E-state index is 14.8. The van der Waals surface area contributed by atoms with Crippen molar-refractivity contribution < 1.29 is 13.9 Å². The predicted molar refractivity (Wildman–Crippen MR) is 131 cm³/mol. The second-order valence-corrected chi connectivity index (χ2v) is 8.13. The number of aryl methyl sites for hydroxylation is 1. The summed E-state index contributed by atoms with van der Waals surface area (Å²) in [4.78, 5) is 26.9. The van der Waals surface area contributed by atoms with E-state index in [2.05, 4.69) is 20.3 Å². The maximum Gasteiger partial charge on any atom is 0.253 e. The number of hydrogen-bond donors (Lipinski definition) is 1. The molecule has 0 saturated carbocycles. The predicted octanol–water partition coefficient (Wildman–Crippen LogP) is 4.29. The van der Waals surface area contributed by atoms with Gasteiger partial charge in [0.1, 0.15) is 11.5 Å². The summed E-state index contributed by atoms with van der Waals surface area (Å²) in [5.74, 6) is 0.340. The maximum atomic E-state index is 14.8. The third-order valence-corrected chi connectivity index (χ3v) is 5.82. The standard InChI is InChI=1S/C24H26FN7O2.ClH/c1-16-27-15-21(32(16)19-8-12-34-13-9-19)22-20(25)14-28-24(30-22)29-18-6-4-17(5-7-18)23(33)31(2)11-3-10-26;/h4-7,14-15,19H,3,8-9,11-13H2,1-2H3,(H,28,29,30);1H. The Kier molecular flexibility index (Phi) is 8.73. The monoisotopic (exact) mass is 499 g/mol. The Bertz CT molecular complexity index is 1200. The number of ether oxygens (including phenoxy) is 1. The lowest BCUT2D eigenvalue weighted by molar-refractivity contribution is 0.0694. The average Bonchev–Trinajstić information content (AvgIpc) is 3.25. The largest absolute Gasteiger partial charge is 0.381 e. The number of amides is 1. The molecule has 35 heavy (non-hydrogen) atoms. The van der Waals surface area contributed by atoms with Gasteiger partial charge in [-0.1, -0.05) is 0 Å². The van der Waals surface area contributed by atoms with Crippen LogP contribution < -0.4 is 5.32 Å². The van der Waals surface area contributed by atoms with Gasteiger partial charge in [0.2, 0.25) is 5.95 Å². The molecule has 0 spiro atoms. The quantitative estimate of drug-likeness (QED) is 0.516. The highest BCUT2D eigenvalue weighted by Gasteiger charge is 2.23. The van der Waals surface area contributed by atoms with Crippen LogP contribution in [-0.2, 0) is 4.74 Å². The molecule has 0 aliphatic carbocycles. The first kappa shape index (κ1) is 26.1. The van der Waals surface area contributed by atoms with E-state index in [0.29, 0.717) is 36.7 Å². The Labute approximate surface area is 209 Å². The van der Waals surface area contributed by atoms with E-state index < -0.39 is 5.82 Å². The number of anilines is 2. The first-order valence-electron chi connectivity index (χ1n) is 11.1. The topological polar surface area (TPSA) is 109 Å². The summed E-state index contributed by atoms with van der Waals surface area (Å²) < 4.78 is 22.3. The van der Waals surface area contributed by atoms with E-state index in [9.17, 15) is 9.18 Å². The summed E-state index contributed by atoms with van der Waals surface area (Å²) in [6.45, 7) is 3.59. The molecule has 0 atom stereocenters. The van der Waals surface area contributed by atoms with Crippen LogP contribution in [0, 0.1) is 24.1 Å². The first-order chi connectivity index (χ1) is 16.5. The summed E-state index contributed by atoms with van der Waals surface area (Å²) in [5, 5.41) is 11.8. The molecule has 2 aromatic heterocycles. The Balaban J connectivity index is 0.00000342. The van der Waals surface area contributed by atoms with Gasteiger partial charge < -0.3 is 19.5 Å². The van der Waals surface area contributed by atoms with Crippen LogP contribution in [-0.4, -0.2) is 57.1 Å². The van der Waals surface area contributed by atoms with E-state index in [1.165, 1.54) is 4.90 Å². The van der Waals surface area contributed by atoms with E-state index in [1.54, 1.807) is 37.5 Å². The number of nitrogens with one attached hydrogen (secondary N) is 1. The van der Waals surface area contributed by atoms with Crippen LogP contribution in [0.4, 0.5) is 16.0 Å². The van der Waals surface area contributed by atoms with Gasteiger partial charge in [-0.3, -0.25) is 4.79 Å². The molecule has 3 aromatic rings. The van der Waals surface area contributed by atoms with E-state index in [1.807, 2.05) is 17.6 Å². The first-order valence-corrected chi connectivity index (χ1v) is 11.1. The zero-order chi connectivity index (χ0) is 24.1. The number of nitrogens with zero attached hydrogens (tertiary/aromatic N) is 6. The summed E-state index contributed by atoms with van der Waals surface area (Å²) >= 11 is 0. The number of nitriles is 1. The van der Waals surface area contributed by atoms with E-state index in [4.69, 9.17) is 10.00 Å². The Hall–Kier alpha value is -3.55. The van der Waals surface area contributed by atoms with Crippen LogP contribution >= 0.6 is 12.4 Å². The summed E-state index contributed by atoms with van der Waals surface area (Å²) in [5.41, 5.74) is 1.94. The number of carbonyl (C=O) groups excluding carboxylic acids is 1. The Morgan fingerprint density at radius 2 is 1.97 bits per heavy atom. The Morgan fingerprint density at radius 1 is 1.26 bits per heavy atom. The second-order valence-electron chi connectivity index (χ2n) is 8.13. The van der Waals surface area contributed by atoms with Crippen molar-refractivity contribution in [1.29, 1.82) is 5.26 Å². The highest BCUT2D eigenvalue weighted by Crippen LogP contribution is 2.31. The summed E-state index contributed by atoms with van der Waals surface area (Å²) in [6, 6.07) is 9.03. The lowest BCUT2D eigenvalue weighted by Crippen LogP contribution is -2.27. The van der Waals surface area contributed by atoms with E-state index >= 15 is 0 Å². The third kappa shape index (κ3) is 5.93. The molecule has 9 nitrogen and oxygen atoms in total. The highest BCUT2D eigenvalue weighted by atomic mass is 35.5. The molecule has 1 fully saturated rings. The van der Waals surface area contributed by atoms with E-state index in [0.717, 1.165) is 24.9 Å². The van der Waals surface area contributed by atoms with Crippen LogP contribution in [0.25, 0.3) is 11.4 Å². The van der Waals surface area contributed by atoms with Crippen molar-refractivity contribution in [3.05, 3.63) is 53.9 Å². The number of carbonyl (C=O) groups is 1. The number of benzene rings is 1. The minimum Gasteiger partial charge on any atom is -0.381 e. The molecule has 0 unspecified atom stereocenters. The number of halogens is 2. The van der Waals surface area contributed by atoms with Crippen molar-refractivity contribution in [2.75, 3.05) is 32.1 Å². The fraction of sp³-hybridized carbons (Fsp3) is 0.375. The van der Waals surface area contributed by atoms with Crippen molar-refractivity contribution in [2.24, 2.45) is 0 Å². The fourth-order valence-electron chi connectivity index (χ4n) is 4.00. The van der Waals surface area contributed by atoms with Crippen LogP contribution in [0.15, 0.2) is 36.7 Å². The van der Waals surface area contributed by atoms with Crippen LogP contribution in [0.5, 0.6) is 0 Å². The number of hydrogen-bond acceptors (Lipinski definition) is 7. The minimum absolute atomic E-state index is 0. The molecule has 3 heterocycles. The molecule has 1 saturated heterocycles. The minimum atomic E-state index is -0.528. The fourth-order valence-corrected chi connectivity index (χ4v) is 4.00. The normalized spacial score (nSPS) is 13.5. The summed E-state index contributed by atoms with van der Waals surface area (Å²) in [6.07, 6.45) is 4.73. The van der Waals surface area contributed by atoms with Crippen molar-refractivity contribution in [3.8, 4) is 17.5 Å². The summed E-state index contributed by atoms with van der Waals surface area (Å²) in [7, 11) is 1.66. The molecule has 1 aliphatic rings. The third-order valence-electron chi connectivity index (χ3n) is 5.82. The smallest absolute Gasteiger partial charge is 0.253 e. The van der Waals surface area contributed by atoms with Gasteiger partial charge in [0.05, 0.1) is 30.6 Å². The zero-order valence-electron chi connectivity index (χ0n) is 19.6. The molecule has 0 radical (unpaired) electrons. The number of imidazole rings is 1. The molecule has 1 amide bonds. The molecule has 1 aliphatic heterocycles. The molecule has 11 heteroatoms. The van der Waals surface area contributed by atoms with Crippen LogP contribution in [0.2, 0.25) is 0 Å². The van der Waals surface area contributed by atoms with Gasteiger partial charge >= 0.3 is 0 Å². The highest BCUT2D eigenvalue weighted by molar-refractivity contribution is 5.94. The molecule has 1 aromatic carbocycles. The molecular weight excluding hydrogens is 473 g/mol. The van der Waals surface area contributed by atoms with Crippen LogP contribution in [0.1, 0.15) is 41.5 Å². The van der Waals surface area contributed by atoms with Gasteiger partial charge in [0, 0.05) is 44.1 Å². The molecule has 0 bridgehead atoms. The molecular formula is C24H27ClFN7O2. The number of rotatable bonds is 7. The lowest BCUT2D eigenvalue weighted by Gasteiger charge is -2.26. The second kappa shape index (κ2) is 11.7. The lowest BCUT2D eigenvalue weighted by atomic mass is 10.1. The van der Waals surface area contributed by atoms with Gasteiger partial charge in [-0.15, -0.1) is 12.4 Å². The molecule has 4 rings (SSSR count). The average molecular weight is 500 g/mol. The van der Waals surface area contributed by atoms with Crippen LogP contribution in [0.3, 0.4) is 0 Å². The van der Waals surface area contributed by atoms with E-state index in [-0.39, 0.29) is 42.4 Å². The Morgan fingerprint density at radius 3 is 2.66 bits per heavy atom. The molecule has 184 valence electrons. The van der Waals surface area contributed by atoms with Gasteiger partial charge in [-0.05, 0) is 44.0 Å². The van der Waals surface area contributed by atoms with Crippen molar-refractivity contribution in [2.45, 2.75) is 32.2 Å². The van der Waals surface area contributed by atoms with Gasteiger partial charge in [-0.2, -0.15) is 5.26 Å². The molecule has 1 N–H and O–H groups in total. The zero-order valence-corrected chi connectivity index (χ0v) is 20.4. The SMILES string of the molecule is Cc1ncc(-c2nc(Nc3ccc(C(=O)N(C)CCC#N)cc3)ncc2F)n1C1CCOCC1.Cl. The van der Waals surface area contributed by atoms with Crippen molar-refractivity contribution in [3.63, 3.8) is 0 Å². The van der Waals surface area contributed by atoms with Gasteiger partial charge in [0.15, 0.2) is 5.82 Å². The number of aromatic nitrogens is 4. The van der Waals surface area contributed by atoms with Crippen molar-refractivity contribution >= 4 is 29.9 Å². The van der Waals surface area contributed by atoms with Gasteiger partial charge in [0.25, 0.3) is 5.91 Å². The van der Waals surface area contributed by atoms with Gasteiger partial charge in [-0.25, -0.2) is 19.3 Å².